The Morgan fingerprint density at radius 3 is 2.31 bits per heavy atom. The van der Waals surface area contributed by atoms with Crippen molar-refractivity contribution in [1.82, 2.24) is 5.32 Å². The molecule has 2 aromatic carbocycles. The maximum absolute atomic E-state index is 12.4. The predicted octanol–water partition coefficient (Wildman–Crippen LogP) is 2.44. The zero-order chi connectivity index (χ0) is 18.9. The molecule has 0 aliphatic carbocycles. The van der Waals surface area contributed by atoms with Crippen LogP contribution in [0.2, 0.25) is 0 Å². The fourth-order valence-electron chi connectivity index (χ4n) is 2.72. The van der Waals surface area contributed by atoms with Crippen LogP contribution in [0.25, 0.3) is 0 Å². The highest BCUT2D eigenvalue weighted by molar-refractivity contribution is 5.83. The van der Waals surface area contributed by atoms with Crippen molar-refractivity contribution in [3.8, 4) is 5.75 Å². The molecule has 2 N–H and O–H groups in total. The molecule has 0 heterocycles. The van der Waals surface area contributed by atoms with Gasteiger partial charge in [0.15, 0.2) is 6.10 Å². The minimum absolute atomic E-state index is 0.00108. The summed E-state index contributed by atoms with van der Waals surface area (Å²) in [5, 5.41) is 12.2. The van der Waals surface area contributed by atoms with Crippen molar-refractivity contribution < 1.29 is 24.2 Å². The first-order valence-corrected chi connectivity index (χ1v) is 8.27. The van der Waals surface area contributed by atoms with Crippen LogP contribution in [0.4, 0.5) is 0 Å². The first-order chi connectivity index (χ1) is 12.6. The molecule has 138 valence electrons. The molecule has 0 bridgehead atoms. The van der Waals surface area contributed by atoms with Crippen molar-refractivity contribution in [2.45, 2.75) is 12.5 Å². The van der Waals surface area contributed by atoms with Gasteiger partial charge in [-0.2, -0.15) is 0 Å². The van der Waals surface area contributed by atoms with E-state index in [9.17, 15) is 14.7 Å². The molecule has 26 heavy (non-hydrogen) atoms. The summed E-state index contributed by atoms with van der Waals surface area (Å²) in [6.45, 7) is -0.00108. The zero-order valence-electron chi connectivity index (χ0n) is 14.8. The Kier molecular flexibility index (Phi) is 7.17. The summed E-state index contributed by atoms with van der Waals surface area (Å²) in [4.78, 5) is 24.0. The SMILES string of the molecule is COc1ccccc1CC(CNC(=O)[C@H](OC)c1ccccc1)C(=O)O. The number of benzene rings is 2. The van der Waals surface area contributed by atoms with Crippen LogP contribution < -0.4 is 10.1 Å². The van der Waals surface area contributed by atoms with Gasteiger partial charge in [-0.3, -0.25) is 9.59 Å². The summed E-state index contributed by atoms with van der Waals surface area (Å²) in [5.74, 6) is -1.50. The van der Waals surface area contributed by atoms with Crippen LogP contribution in [0.15, 0.2) is 54.6 Å². The summed E-state index contributed by atoms with van der Waals surface area (Å²) in [6.07, 6.45) is -0.528. The molecule has 1 unspecified atom stereocenters. The van der Waals surface area contributed by atoms with E-state index >= 15 is 0 Å². The van der Waals surface area contributed by atoms with Gasteiger partial charge in [0.25, 0.3) is 5.91 Å². The molecule has 6 nitrogen and oxygen atoms in total. The lowest BCUT2D eigenvalue weighted by Crippen LogP contribution is -2.37. The number of nitrogens with one attached hydrogen (secondary N) is 1. The summed E-state index contributed by atoms with van der Waals surface area (Å²) >= 11 is 0. The highest BCUT2D eigenvalue weighted by Gasteiger charge is 2.24. The maximum Gasteiger partial charge on any atom is 0.308 e. The summed E-state index contributed by atoms with van der Waals surface area (Å²) in [6, 6.07) is 16.3. The average molecular weight is 357 g/mol. The zero-order valence-corrected chi connectivity index (χ0v) is 14.8. The molecule has 6 heteroatoms. The molecule has 2 atom stereocenters. The van der Waals surface area contributed by atoms with E-state index < -0.39 is 18.0 Å². The third kappa shape index (κ3) is 5.07. The number of hydrogen-bond acceptors (Lipinski definition) is 4. The normalized spacial score (nSPS) is 12.8. The van der Waals surface area contributed by atoms with Crippen molar-refractivity contribution in [3.05, 3.63) is 65.7 Å². The van der Waals surface area contributed by atoms with Gasteiger partial charge in [0.2, 0.25) is 0 Å². The van der Waals surface area contributed by atoms with Crippen LogP contribution in [0, 0.1) is 5.92 Å². The number of methoxy groups -OCH3 is 2. The number of ether oxygens (including phenoxy) is 2. The lowest BCUT2D eigenvalue weighted by molar-refractivity contribution is -0.142. The van der Waals surface area contributed by atoms with Gasteiger partial charge >= 0.3 is 5.97 Å². The first kappa shape index (κ1) is 19.5. The number of carbonyl (C=O) groups excluding carboxylic acids is 1. The van der Waals surface area contributed by atoms with E-state index in [1.165, 1.54) is 7.11 Å². The van der Waals surface area contributed by atoms with Gasteiger partial charge in [-0.1, -0.05) is 48.5 Å². The molecule has 0 saturated heterocycles. The first-order valence-electron chi connectivity index (χ1n) is 8.27. The van der Waals surface area contributed by atoms with Gasteiger partial charge in [-0.25, -0.2) is 0 Å². The van der Waals surface area contributed by atoms with Gasteiger partial charge in [-0.15, -0.1) is 0 Å². The number of rotatable bonds is 9. The van der Waals surface area contributed by atoms with E-state index in [1.807, 2.05) is 36.4 Å². The lowest BCUT2D eigenvalue weighted by atomic mass is 9.98. The lowest BCUT2D eigenvalue weighted by Gasteiger charge is -2.19. The number of aliphatic carboxylic acids is 1. The third-order valence-corrected chi connectivity index (χ3v) is 4.11. The van der Waals surface area contributed by atoms with E-state index in [0.717, 1.165) is 5.56 Å². The van der Waals surface area contributed by atoms with Gasteiger partial charge in [-0.05, 0) is 23.6 Å². The molecule has 2 aromatic rings. The van der Waals surface area contributed by atoms with E-state index in [4.69, 9.17) is 9.47 Å². The molecule has 0 spiro atoms. The van der Waals surface area contributed by atoms with Crippen LogP contribution in [0.3, 0.4) is 0 Å². The van der Waals surface area contributed by atoms with E-state index in [2.05, 4.69) is 5.32 Å². The smallest absolute Gasteiger partial charge is 0.308 e. The van der Waals surface area contributed by atoms with Gasteiger partial charge in [0.05, 0.1) is 13.0 Å². The predicted molar refractivity (Wildman–Crippen MR) is 97.0 cm³/mol. The van der Waals surface area contributed by atoms with Crippen molar-refractivity contribution in [2.24, 2.45) is 5.92 Å². The number of carbonyl (C=O) groups is 2. The Labute approximate surface area is 152 Å². The largest absolute Gasteiger partial charge is 0.496 e. The Hall–Kier alpha value is -2.86. The Balaban J connectivity index is 2.04. The monoisotopic (exact) mass is 357 g/mol. The van der Waals surface area contributed by atoms with Crippen LogP contribution >= 0.6 is 0 Å². The second-order valence-electron chi connectivity index (χ2n) is 5.82. The van der Waals surface area contributed by atoms with Crippen LogP contribution in [0.5, 0.6) is 5.75 Å². The molecule has 0 radical (unpaired) electrons. The van der Waals surface area contributed by atoms with E-state index in [0.29, 0.717) is 11.3 Å². The number of para-hydroxylation sites is 1. The minimum atomic E-state index is -0.982. The van der Waals surface area contributed by atoms with Crippen molar-refractivity contribution in [1.29, 1.82) is 0 Å². The van der Waals surface area contributed by atoms with Gasteiger partial charge in [0, 0.05) is 13.7 Å². The second-order valence-corrected chi connectivity index (χ2v) is 5.82. The molecular formula is C20H23NO5. The van der Waals surface area contributed by atoms with Crippen LogP contribution in [-0.2, 0) is 20.7 Å². The van der Waals surface area contributed by atoms with Crippen LogP contribution in [-0.4, -0.2) is 37.7 Å². The highest BCUT2D eigenvalue weighted by atomic mass is 16.5. The van der Waals surface area contributed by atoms with Gasteiger partial charge in [0.1, 0.15) is 5.75 Å². The third-order valence-electron chi connectivity index (χ3n) is 4.11. The minimum Gasteiger partial charge on any atom is -0.496 e. The topological polar surface area (TPSA) is 84.9 Å². The molecule has 0 saturated carbocycles. The quantitative estimate of drug-likeness (QED) is 0.720. The Morgan fingerprint density at radius 1 is 1.04 bits per heavy atom. The fourth-order valence-corrected chi connectivity index (χ4v) is 2.72. The summed E-state index contributed by atoms with van der Waals surface area (Å²) in [7, 11) is 2.99. The molecule has 1 amide bonds. The maximum atomic E-state index is 12.4. The fraction of sp³-hybridized carbons (Fsp3) is 0.300. The summed E-state index contributed by atoms with van der Waals surface area (Å²) < 4.78 is 10.5. The second kappa shape index (κ2) is 9.58. The van der Waals surface area contributed by atoms with Crippen LogP contribution in [0.1, 0.15) is 17.2 Å². The molecule has 0 aliphatic rings. The van der Waals surface area contributed by atoms with Crippen molar-refractivity contribution in [3.63, 3.8) is 0 Å². The Bertz CT molecular complexity index is 732. The van der Waals surface area contributed by atoms with E-state index in [1.54, 1.807) is 25.3 Å². The number of hydrogen-bond donors (Lipinski definition) is 2. The number of amides is 1. The molecule has 0 aromatic heterocycles. The van der Waals surface area contributed by atoms with Gasteiger partial charge < -0.3 is 19.9 Å². The highest BCUT2D eigenvalue weighted by Crippen LogP contribution is 2.21. The molecule has 0 fully saturated rings. The standard InChI is InChI=1S/C20H23NO5/c1-25-17-11-7-6-10-15(17)12-16(20(23)24)13-21-19(22)18(26-2)14-8-4-3-5-9-14/h3-11,16,18H,12-13H2,1-2H3,(H,21,22)(H,23,24)/t16?,18-/m1/s1. The molecular weight excluding hydrogens is 334 g/mol. The average Bonchev–Trinajstić information content (AvgIpc) is 2.66. The van der Waals surface area contributed by atoms with Crippen molar-refractivity contribution >= 4 is 11.9 Å². The Morgan fingerprint density at radius 2 is 1.69 bits per heavy atom. The number of carboxylic acids is 1. The van der Waals surface area contributed by atoms with E-state index in [-0.39, 0.29) is 18.9 Å². The molecule has 2 rings (SSSR count). The summed E-state index contributed by atoms with van der Waals surface area (Å²) in [5.41, 5.74) is 1.49. The van der Waals surface area contributed by atoms with Crippen molar-refractivity contribution in [2.75, 3.05) is 20.8 Å². The number of carboxylic acid groups (broad SMARTS) is 1. The molecule has 0 aliphatic heterocycles.